The van der Waals surface area contributed by atoms with Crippen LogP contribution in [0.1, 0.15) is 21.1 Å². The average molecular weight is 261 g/mol. The Kier molecular flexibility index (Phi) is 3.99. The van der Waals surface area contributed by atoms with Gasteiger partial charge in [-0.25, -0.2) is 4.98 Å². The van der Waals surface area contributed by atoms with Gasteiger partial charge < -0.3 is 5.73 Å². The summed E-state index contributed by atoms with van der Waals surface area (Å²) in [5.74, 6) is 0. The zero-order chi connectivity index (χ0) is 13.1. The van der Waals surface area contributed by atoms with E-state index in [0.717, 1.165) is 24.5 Å². The normalized spacial score (nSPS) is 11.1. The summed E-state index contributed by atoms with van der Waals surface area (Å²) in [6, 6.07) is 8.04. The molecule has 2 aromatic rings. The van der Waals surface area contributed by atoms with Gasteiger partial charge in [-0.15, -0.1) is 11.3 Å². The van der Waals surface area contributed by atoms with Gasteiger partial charge in [-0.05, 0) is 38.6 Å². The number of nitrogens with two attached hydrogens (primary N) is 1. The van der Waals surface area contributed by atoms with Crippen LogP contribution >= 0.6 is 11.3 Å². The van der Waals surface area contributed by atoms with E-state index in [1.165, 1.54) is 15.4 Å². The maximum atomic E-state index is 5.68. The van der Waals surface area contributed by atoms with Crippen LogP contribution in [0, 0.1) is 13.8 Å². The predicted octanol–water partition coefficient (Wildman–Crippen LogP) is 2.97. The van der Waals surface area contributed by atoms with Crippen molar-refractivity contribution in [2.75, 3.05) is 12.8 Å². The molecular weight excluding hydrogens is 242 g/mol. The topological polar surface area (TPSA) is 42.2 Å². The summed E-state index contributed by atoms with van der Waals surface area (Å²) in [6.07, 6.45) is 0. The largest absolute Gasteiger partial charge is 0.399 e. The molecule has 0 unspecified atom stereocenters. The third-order valence-electron chi connectivity index (χ3n) is 2.91. The average Bonchev–Trinajstić information content (AvgIpc) is 2.61. The van der Waals surface area contributed by atoms with E-state index in [4.69, 9.17) is 5.73 Å². The number of aryl methyl sites for hydroxylation is 2. The molecular formula is C14H19N3S. The molecule has 0 fully saturated rings. The second-order valence-corrected chi connectivity index (χ2v) is 5.95. The minimum absolute atomic E-state index is 0.813. The molecule has 1 aromatic carbocycles. The third kappa shape index (κ3) is 3.31. The summed E-state index contributed by atoms with van der Waals surface area (Å²) in [5.41, 5.74) is 8.91. The first kappa shape index (κ1) is 13.1. The molecule has 2 N–H and O–H groups in total. The van der Waals surface area contributed by atoms with Crippen LogP contribution in [0.2, 0.25) is 0 Å². The van der Waals surface area contributed by atoms with Crippen molar-refractivity contribution in [3.8, 4) is 0 Å². The van der Waals surface area contributed by atoms with Crippen molar-refractivity contribution in [2.24, 2.45) is 0 Å². The fourth-order valence-electron chi connectivity index (χ4n) is 1.83. The van der Waals surface area contributed by atoms with Crippen molar-refractivity contribution in [3.05, 3.63) is 45.4 Å². The zero-order valence-corrected chi connectivity index (χ0v) is 11.9. The maximum absolute atomic E-state index is 5.68. The number of anilines is 1. The van der Waals surface area contributed by atoms with Crippen molar-refractivity contribution in [1.82, 2.24) is 9.88 Å². The van der Waals surface area contributed by atoms with Gasteiger partial charge in [0, 0.05) is 17.1 Å². The summed E-state index contributed by atoms with van der Waals surface area (Å²) in [7, 11) is 2.11. The lowest BCUT2D eigenvalue weighted by molar-refractivity contribution is 0.318. The smallest absolute Gasteiger partial charge is 0.107 e. The molecule has 96 valence electrons. The highest BCUT2D eigenvalue weighted by molar-refractivity contribution is 7.11. The number of hydrogen-bond acceptors (Lipinski definition) is 4. The van der Waals surface area contributed by atoms with E-state index in [0.29, 0.717) is 0 Å². The van der Waals surface area contributed by atoms with Crippen molar-refractivity contribution in [2.45, 2.75) is 26.9 Å². The Balaban J connectivity index is 1.96. The molecule has 18 heavy (non-hydrogen) atoms. The van der Waals surface area contributed by atoms with Crippen LogP contribution in [-0.2, 0) is 13.1 Å². The van der Waals surface area contributed by atoms with Crippen molar-refractivity contribution >= 4 is 17.0 Å². The van der Waals surface area contributed by atoms with Crippen LogP contribution in [0.3, 0.4) is 0 Å². The highest BCUT2D eigenvalue weighted by atomic mass is 32.1. The number of hydrogen-bond donors (Lipinski definition) is 1. The van der Waals surface area contributed by atoms with Crippen LogP contribution < -0.4 is 5.73 Å². The van der Waals surface area contributed by atoms with Gasteiger partial charge in [-0.3, -0.25) is 4.90 Å². The molecule has 1 heterocycles. The Bertz CT molecular complexity index is 497. The lowest BCUT2D eigenvalue weighted by atomic mass is 10.2. The van der Waals surface area contributed by atoms with Crippen molar-refractivity contribution < 1.29 is 0 Å². The number of nitrogen functional groups attached to an aromatic ring is 1. The second kappa shape index (κ2) is 5.50. The van der Waals surface area contributed by atoms with Crippen molar-refractivity contribution in [3.63, 3.8) is 0 Å². The molecule has 0 radical (unpaired) electrons. The SMILES string of the molecule is Cc1nc(CN(C)Cc2ccc(N)cc2)sc1C. The first-order chi connectivity index (χ1) is 8.54. The van der Waals surface area contributed by atoms with E-state index in [9.17, 15) is 0 Å². The van der Waals surface area contributed by atoms with E-state index in [2.05, 4.69) is 42.9 Å². The number of thiazole rings is 1. The Hall–Kier alpha value is -1.39. The predicted molar refractivity (Wildman–Crippen MR) is 77.6 cm³/mol. The number of nitrogens with zero attached hydrogens (tertiary/aromatic N) is 2. The fourth-order valence-corrected chi connectivity index (χ4v) is 2.84. The lowest BCUT2D eigenvalue weighted by Gasteiger charge is -2.15. The van der Waals surface area contributed by atoms with Gasteiger partial charge in [-0.1, -0.05) is 12.1 Å². The molecule has 1 aromatic heterocycles. The maximum Gasteiger partial charge on any atom is 0.107 e. The van der Waals surface area contributed by atoms with Gasteiger partial charge in [0.15, 0.2) is 0 Å². The fraction of sp³-hybridized carbons (Fsp3) is 0.357. The number of benzene rings is 1. The Labute approximate surface area is 112 Å². The first-order valence-corrected chi connectivity index (χ1v) is 6.82. The van der Waals surface area contributed by atoms with E-state index in [1.54, 1.807) is 11.3 Å². The minimum Gasteiger partial charge on any atom is -0.399 e. The van der Waals surface area contributed by atoms with Crippen LogP contribution in [0.15, 0.2) is 24.3 Å². The van der Waals surface area contributed by atoms with Gasteiger partial charge in [0.05, 0.1) is 12.2 Å². The molecule has 2 rings (SSSR count). The van der Waals surface area contributed by atoms with Crippen LogP contribution in [0.5, 0.6) is 0 Å². The Morgan fingerprint density at radius 2 is 1.83 bits per heavy atom. The summed E-state index contributed by atoms with van der Waals surface area (Å²) < 4.78 is 0. The molecule has 0 aliphatic carbocycles. The van der Waals surface area contributed by atoms with Crippen LogP contribution in [-0.4, -0.2) is 16.9 Å². The highest BCUT2D eigenvalue weighted by Gasteiger charge is 2.07. The third-order valence-corrected chi connectivity index (χ3v) is 3.97. The number of aromatic nitrogens is 1. The monoisotopic (exact) mass is 261 g/mol. The summed E-state index contributed by atoms with van der Waals surface area (Å²) in [4.78, 5) is 8.14. The molecule has 4 heteroatoms. The van der Waals surface area contributed by atoms with Gasteiger partial charge in [0.2, 0.25) is 0 Å². The Morgan fingerprint density at radius 1 is 1.17 bits per heavy atom. The van der Waals surface area contributed by atoms with Gasteiger partial charge in [0.25, 0.3) is 0 Å². The summed E-state index contributed by atoms with van der Waals surface area (Å²) in [6.45, 7) is 5.99. The molecule has 0 spiro atoms. The second-order valence-electron chi connectivity index (χ2n) is 4.66. The number of rotatable bonds is 4. The standard InChI is InChI=1S/C14H19N3S/c1-10-11(2)18-14(16-10)9-17(3)8-12-4-6-13(15)7-5-12/h4-7H,8-9,15H2,1-3H3. The summed E-state index contributed by atoms with van der Waals surface area (Å²) in [5, 5.41) is 1.18. The van der Waals surface area contributed by atoms with E-state index in [-0.39, 0.29) is 0 Å². The molecule has 0 saturated carbocycles. The first-order valence-electron chi connectivity index (χ1n) is 6.00. The summed E-state index contributed by atoms with van der Waals surface area (Å²) >= 11 is 1.78. The van der Waals surface area contributed by atoms with E-state index in [1.807, 2.05) is 12.1 Å². The van der Waals surface area contributed by atoms with Crippen LogP contribution in [0.4, 0.5) is 5.69 Å². The van der Waals surface area contributed by atoms with Crippen molar-refractivity contribution in [1.29, 1.82) is 0 Å². The highest BCUT2D eigenvalue weighted by Crippen LogP contribution is 2.18. The van der Waals surface area contributed by atoms with Gasteiger partial charge >= 0.3 is 0 Å². The molecule has 0 aliphatic heterocycles. The molecule has 0 aliphatic rings. The van der Waals surface area contributed by atoms with E-state index < -0.39 is 0 Å². The van der Waals surface area contributed by atoms with Crippen LogP contribution in [0.25, 0.3) is 0 Å². The molecule has 3 nitrogen and oxygen atoms in total. The van der Waals surface area contributed by atoms with Gasteiger partial charge in [0.1, 0.15) is 5.01 Å². The lowest BCUT2D eigenvalue weighted by Crippen LogP contribution is -2.17. The van der Waals surface area contributed by atoms with Gasteiger partial charge in [-0.2, -0.15) is 0 Å². The molecule has 0 atom stereocenters. The zero-order valence-electron chi connectivity index (χ0n) is 11.1. The minimum atomic E-state index is 0.813. The molecule has 0 bridgehead atoms. The quantitative estimate of drug-likeness (QED) is 0.860. The molecule has 0 saturated heterocycles. The molecule has 0 amide bonds. The van der Waals surface area contributed by atoms with E-state index >= 15 is 0 Å². The Morgan fingerprint density at radius 3 is 2.39 bits per heavy atom.